The number of hydrogen-bond donors (Lipinski definition) is 5. The van der Waals surface area contributed by atoms with Crippen LogP contribution < -0.4 is 22.3 Å². The molecule has 10 heteroatoms. The van der Waals surface area contributed by atoms with Gasteiger partial charge < -0.3 is 16.7 Å². The number of nitrogens with two attached hydrogens (primary N) is 2. The molecule has 0 aromatic carbocycles. The van der Waals surface area contributed by atoms with E-state index in [0.29, 0.717) is 24.3 Å². The first-order valence-electron chi connectivity index (χ1n) is 5.72. The summed E-state index contributed by atoms with van der Waals surface area (Å²) in [6, 6.07) is 0. The maximum absolute atomic E-state index is 9.18. The van der Waals surface area contributed by atoms with E-state index >= 15 is 0 Å². The molecule has 0 saturated heterocycles. The van der Waals surface area contributed by atoms with Crippen molar-refractivity contribution in [3.8, 4) is 0 Å². The van der Waals surface area contributed by atoms with Crippen LogP contribution in [0.25, 0.3) is 0 Å². The van der Waals surface area contributed by atoms with Crippen LogP contribution in [-0.4, -0.2) is 32.6 Å². The molecule has 0 spiro atoms. The maximum atomic E-state index is 9.18. The molecule has 7 N–H and O–H groups in total. The summed E-state index contributed by atoms with van der Waals surface area (Å²) < 4.78 is 0. The van der Waals surface area contributed by atoms with Gasteiger partial charge in [-0.25, -0.2) is 0 Å². The molecule has 1 saturated carbocycles. The molecule has 0 aromatic heterocycles. The molecule has 0 aromatic rings. The van der Waals surface area contributed by atoms with Gasteiger partial charge in [-0.1, -0.05) is 19.0 Å². The number of oxime groups is 1. The van der Waals surface area contributed by atoms with E-state index in [9.17, 15) is 5.21 Å². The Bertz CT molecular complexity index is 470. The minimum atomic E-state index is -0.123. The van der Waals surface area contributed by atoms with Crippen molar-refractivity contribution in [2.45, 2.75) is 26.7 Å². The third kappa shape index (κ3) is 4.70. The number of nitrogens with one attached hydrogen (secondary N) is 2. The predicted octanol–water partition coefficient (Wildman–Crippen LogP) is 0.0150. The minimum absolute atomic E-state index is 0.0259. The highest BCUT2D eigenvalue weighted by Crippen LogP contribution is 2.31. The van der Waals surface area contributed by atoms with E-state index in [0.717, 1.165) is 0 Å². The molecule has 0 aliphatic heterocycles. The minimum Gasteiger partial charge on any atom is -0.410 e. The van der Waals surface area contributed by atoms with Crippen molar-refractivity contribution < 1.29 is 5.21 Å². The van der Waals surface area contributed by atoms with Crippen LogP contribution in [0.2, 0.25) is 0 Å². The predicted molar refractivity (Wildman–Crippen MR) is 86.9 cm³/mol. The van der Waals surface area contributed by atoms with Crippen LogP contribution in [-0.2, 0) is 0 Å². The number of rotatable bonds is 2. The van der Waals surface area contributed by atoms with Gasteiger partial charge in [0, 0.05) is 0 Å². The largest absolute Gasteiger partial charge is 0.410 e. The van der Waals surface area contributed by atoms with Gasteiger partial charge in [0.25, 0.3) is 0 Å². The van der Waals surface area contributed by atoms with Crippen molar-refractivity contribution in [2.75, 3.05) is 0 Å². The lowest BCUT2D eigenvalue weighted by Gasteiger charge is -2.31. The molecule has 0 bridgehead atoms. The second-order valence-electron chi connectivity index (χ2n) is 5.04. The summed E-state index contributed by atoms with van der Waals surface area (Å²) in [6.45, 7) is 4.07. The number of nitrogens with zero attached hydrogens (tertiary/aromatic N) is 3. The Balaban J connectivity index is 3.12. The third-order valence-electron chi connectivity index (χ3n) is 2.54. The van der Waals surface area contributed by atoms with Gasteiger partial charge >= 0.3 is 0 Å². The number of hydrazone groups is 2. The topological polar surface area (TPSA) is 133 Å². The maximum Gasteiger partial charge on any atom is 0.184 e. The highest BCUT2D eigenvalue weighted by Gasteiger charge is 2.35. The molecular formula is C10H17N7OS2. The van der Waals surface area contributed by atoms with Crippen LogP contribution in [0.5, 0.6) is 0 Å². The molecular weight excluding hydrogens is 298 g/mol. The van der Waals surface area contributed by atoms with Gasteiger partial charge in [-0.3, -0.25) is 10.9 Å². The molecule has 1 fully saturated rings. The zero-order chi connectivity index (χ0) is 15.3. The van der Waals surface area contributed by atoms with Crippen LogP contribution in [0.1, 0.15) is 26.7 Å². The molecule has 0 amide bonds. The van der Waals surface area contributed by atoms with Crippen molar-refractivity contribution in [3.63, 3.8) is 0 Å². The molecule has 1 aliphatic carbocycles. The summed E-state index contributed by atoms with van der Waals surface area (Å²) in [7, 11) is 0. The zero-order valence-electron chi connectivity index (χ0n) is 11.2. The van der Waals surface area contributed by atoms with E-state index in [1.165, 1.54) is 0 Å². The molecule has 8 nitrogen and oxygen atoms in total. The van der Waals surface area contributed by atoms with E-state index in [4.69, 9.17) is 35.9 Å². The van der Waals surface area contributed by atoms with Crippen molar-refractivity contribution in [3.05, 3.63) is 0 Å². The van der Waals surface area contributed by atoms with Crippen molar-refractivity contribution in [2.24, 2.45) is 32.2 Å². The first-order valence-corrected chi connectivity index (χ1v) is 6.53. The van der Waals surface area contributed by atoms with E-state index in [2.05, 4.69) is 26.2 Å². The number of thiocarbonyl (C=S) groups is 2. The van der Waals surface area contributed by atoms with E-state index < -0.39 is 0 Å². The molecule has 1 rings (SSSR count). The first-order chi connectivity index (χ1) is 9.25. The monoisotopic (exact) mass is 315 g/mol. The fourth-order valence-corrected chi connectivity index (χ4v) is 1.94. The lowest BCUT2D eigenvalue weighted by molar-refractivity contribution is 0.319. The van der Waals surface area contributed by atoms with E-state index in [1.807, 2.05) is 13.8 Å². The summed E-state index contributed by atoms with van der Waals surface area (Å²) >= 11 is 9.38. The van der Waals surface area contributed by atoms with Crippen LogP contribution in [0, 0.1) is 5.41 Å². The Morgan fingerprint density at radius 1 is 1.10 bits per heavy atom. The van der Waals surface area contributed by atoms with Gasteiger partial charge in [0.2, 0.25) is 0 Å². The molecule has 20 heavy (non-hydrogen) atoms. The number of hydrogen-bond acceptors (Lipinski definition) is 6. The van der Waals surface area contributed by atoms with Gasteiger partial charge in [0.15, 0.2) is 10.2 Å². The van der Waals surface area contributed by atoms with Gasteiger partial charge in [-0.15, -0.1) is 0 Å². The second-order valence-corrected chi connectivity index (χ2v) is 5.92. The quantitative estimate of drug-likeness (QED) is 0.275. The lowest BCUT2D eigenvalue weighted by Crippen LogP contribution is -2.41. The molecule has 110 valence electrons. The normalized spacial score (nSPS) is 21.6. The highest BCUT2D eigenvalue weighted by molar-refractivity contribution is 7.80. The SMILES string of the molecule is CC1(C)CC(=NNC(N)=S)C(=NO)C(=NNC(N)=S)C1. The van der Waals surface area contributed by atoms with E-state index in [1.54, 1.807) is 0 Å². The summed E-state index contributed by atoms with van der Waals surface area (Å²) in [5, 5.41) is 20.6. The summed E-state index contributed by atoms with van der Waals surface area (Å²) in [4.78, 5) is 0. The van der Waals surface area contributed by atoms with Crippen LogP contribution in [0.15, 0.2) is 15.4 Å². The smallest absolute Gasteiger partial charge is 0.184 e. The Hall–Kier alpha value is -1.81. The molecule has 0 heterocycles. The molecule has 0 atom stereocenters. The molecule has 1 aliphatic rings. The van der Waals surface area contributed by atoms with Crippen LogP contribution in [0.3, 0.4) is 0 Å². The fraction of sp³-hybridized carbons (Fsp3) is 0.500. The summed E-state index contributed by atoms with van der Waals surface area (Å²) in [5.41, 5.74) is 16.8. The van der Waals surface area contributed by atoms with Gasteiger partial charge in [0.05, 0.1) is 11.4 Å². The second kappa shape index (κ2) is 6.57. The lowest BCUT2D eigenvalue weighted by atomic mass is 9.74. The fourth-order valence-electron chi connectivity index (χ4n) is 1.85. The van der Waals surface area contributed by atoms with Crippen molar-refractivity contribution in [1.82, 2.24) is 10.9 Å². The van der Waals surface area contributed by atoms with Crippen molar-refractivity contribution in [1.29, 1.82) is 0 Å². The Morgan fingerprint density at radius 2 is 1.50 bits per heavy atom. The van der Waals surface area contributed by atoms with Gasteiger partial charge in [0.1, 0.15) is 5.71 Å². The first kappa shape index (κ1) is 16.2. The summed E-state index contributed by atoms with van der Waals surface area (Å²) in [6.07, 6.45) is 1.15. The van der Waals surface area contributed by atoms with Gasteiger partial charge in [-0.05, 0) is 42.7 Å². The Kier molecular flexibility index (Phi) is 5.34. The van der Waals surface area contributed by atoms with Crippen LogP contribution >= 0.6 is 24.4 Å². The standard InChI is InChI=1S/C10H17N7OS2/c1-10(2)3-5(13-15-8(11)19)7(17-18)6(4-10)14-16-9(12)20/h18H,3-4H2,1-2H3,(H3,11,15,19)(H3,12,16,20). The summed E-state index contributed by atoms with van der Waals surface area (Å²) in [5.74, 6) is 0. The highest BCUT2D eigenvalue weighted by atomic mass is 32.1. The Morgan fingerprint density at radius 3 is 1.80 bits per heavy atom. The molecule has 0 radical (unpaired) electrons. The van der Waals surface area contributed by atoms with E-state index in [-0.39, 0.29) is 21.4 Å². The van der Waals surface area contributed by atoms with Gasteiger partial charge in [-0.2, -0.15) is 10.2 Å². The average Bonchev–Trinajstić information content (AvgIpc) is 2.32. The van der Waals surface area contributed by atoms with Crippen molar-refractivity contribution >= 4 is 51.8 Å². The average molecular weight is 315 g/mol. The third-order valence-corrected chi connectivity index (χ3v) is 2.72. The Labute approximate surface area is 127 Å². The van der Waals surface area contributed by atoms with Crippen LogP contribution in [0.4, 0.5) is 0 Å². The molecule has 0 unspecified atom stereocenters. The zero-order valence-corrected chi connectivity index (χ0v) is 12.8.